The Hall–Kier alpha value is -1.07. The molecule has 0 amide bonds. The monoisotopic (exact) mass is 284 g/mol. The minimum Gasteiger partial charge on any atom is -0.330 e. The first kappa shape index (κ1) is 10.4. The number of nitrogens with one attached hydrogen (secondary N) is 1. The first-order valence-corrected chi connectivity index (χ1v) is 5.38. The predicted octanol–water partition coefficient (Wildman–Crippen LogP) is 3.71. The first-order valence-electron chi connectivity index (χ1n) is 4.18. The highest BCUT2D eigenvalue weighted by atomic mass is 79.9. The van der Waals surface area contributed by atoms with Crippen LogP contribution in [0.2, 0.25) is 0 Å². The molecule has 1 heterocycles. The number of hydrogen-bond donors (Lipinski definition) is 1. The molecule has 0 atom stereocenters. The van der Waals surface area contributed by atoms with E-state index in [-0.39, 0.29) is 5.82 Å². The van der Waals surface area contributed by atoms with Crippen LogP contribution in [0.15, 0.2) is 34.9 Å². The maximum absolute atomic E-state index is 13.7. The average Bonchev–Trinajstić information content (AvgIpc) is 2.22. The maximum atomic E-state index is 13.7. The van der Waals surface area contributed by atoms with Crippen LogP contribution in [0.25, 0.3) is 11.3 Å². The van der Waals surface area contributed by atoms with Crippen molar-refractivity contribution in [2.75, 3.05) is 0 Å². The maximum Gasteiger partial charge on any atom is 0.197 e. The molecule has 1 aromatic carbocycles. The number of nitrogens with zero attached hydrogens (tertiary/aromatic N) is 1. The van der Waals surface area contributed by atoms with Gasteiger partial charge in [-0.2, -0.15) is 0 Å². The molecule has 0 saturated heterocycles. The number of hydrogen-bond acceptors (Lipinski definition) is 2. The van der Waals surface area contributed by atoms with Gasteiger partial charge in [-0.15, -0.1) is 0 Å². The highest BCUT2D eigenvalue weighted by molar-refractivity contribution is 9.10. The Labute approximate surface area is 99.3 Å². The van der Waals surface area contributed by atoms with Crippen LogP contribution < -0.4 is 0 Å². The average molecular weight is 285 g/mol. The van der Waals surface area contributed by atoms with Gasteiger partial charge in [-0.1, -0.05) is 6.07 Å². The molecule has 1 N–H and O–H groups in total. The minimum absolute atomic E-state index is 0.311. The van der Waals surface area contributed by atoms with Gasteiger partial charge in [0.25, 0.3) is 0 Å². The third-order valence-corrected chi connectivity index (χ3v) is 2.74. The van der Waals surface area contributed by atoms with Crippen LogP contribution in [0.3, 0.4) is 0 Å². The quantitative estimate of drug-likeness (QED) is 0.809. The fraction of sp³-hybridized carbons (Fsp3) is 0. The van der Waals surface area contributed by atoms with Crippen molar-refractivity contribution < 1.29 is 4.39 Å². The van der Waals surface area contributed by atoms with Crippen LogP contribution in [-0.2, 0) is 0 Å². The van der Waals surface area contributed by atoms with Crippen molar-refractivity contribution in [3.05, 3.63) is 45.5 Å². The zero-order valence-corrected chi connectivity index (χ0v) is 9.90. The standard InChI is InChI=1S/C10H6BrFN2S/c11-7-3-1-2-6(9(7)12)8-4-5-13-10(15)14-8/h1-5H,(H,13,14,15). The highest BCUT2D eigenvalue weighted by Crippen LogP contribution is 2.25. The molecular formula is C10H6BrFN2S. The second kappa shape index (κ2) is 4.20. The van der Waals surface area contributed by atoms with Crippen molar-refractivity contribution in [2.45, 2.75) is 0 Å². The molecule has 0 saturated carbocycles. The summed E-state index contributed by atoms with van der Waals surface area (Å²) in [6, 6.07) is 6.77. The second-order valence-corrected chi connectivity index (χ2v) is 4.13. The Bertz CT molecular complexity index is 553. The van der Waals surface area contributed by atoms with E-state index in [0.29, 0.717) is 20.5 Å². The summed E-state index contributed by atoms with van der Waals surface area (Å²) in [7, 11) is 0. The van der Waals surface area contributed by atoms with E-state index in [0.717, 1.165) is 0 Å². The van der Waals surface area contributed by atoms with E-state index in [9.17, 15) is 4.39 Å². The Balaban J connectivity index is 2.64. The van der Waals surface area contributed by atoms with Crippen molar-refractivity contribution in [1.29, 1.82) is 0 Å². The van der Waals surface area contributed by atoms with Crippen molar-refractivity contribution in [1.82, 2.24) is 9.97 Å². The summed E-state index contributed by atoms with van der Waals surface area (Å²) < 4.78 is 14.5. The van der Waals surface area contributed by atoms with Gasteiger partial charge in [0.15, 0.2) is 4.77 Å². The van der Waals surface area contributed by atoms with Gasteiger partial charge in [-0.05, 0) is 46.3 Å². The molecule has 0 spiro atoms. The lowest BCUT2D eigenvalue weighted by Gasteiger charge is -2.04. The summed E-state index contributed by atoms with van der Waals surface area (Å²) in [4.78, 5) is 6.68. The summed E-state index contributed by atoms with van der Waals surface area (Å²) in [6.45, 7) is 0. The van der Waals surface area contributed by atoms with Gasteiger partial charge in [0.2, 0.25) is 0 Å². The van der Waals surface area contributed by atoms with Crippen molar-refractivity contribution in [3.8, 4) is 11.3 Å². The molecule has 1 aromatic heterocycles. The molecule has 0 aliphatic carbocycles. The Kier molecular flexibility index (Phi) is 2.93. The molecule has 0 aliphatic rings. The molecule has 0 fully saturated rings. The van der Waals surface area contributed by atoms with Gasteiger partial charge in [-0.3, -0.25) is 0 Å². The first-order chi connectivity index (χ1) is 7.18. The SMILES string of the molecule is Fc1c(Br)cccc1-c1ccnc(=S)[nH]1. The summed E-state index contributed by atoms with van der Waals surface area (Å²) in [6.07, 6.45) is 1.55. The molecule has 2 aromatic rings. The lowest BCUT2D eigenvalue weighted by atomic mass is 10.1. The van der Waals surface area contributed by atoms with E-state index in [1.165, 1.54) is 0 Å². The van der Waals surface area contributed by atoms with Gasteiger partial charge in [0, 0.05) is 11.8 Å². The van der Waals surface area contributed by atoms with E-state index in [4.69, 9.17) is 12.2 Å². The van der Waals surface area contributed by atoms with Crippen molar-refractivity contribution >= 4 is 28.1 Å². The molecule has 15 heavy (non-hydrogen) atoms. The molecule has 2 nitrogen and oxygen atoms in total. The molecule has 5 heteroatoms. The van der Waals surface area contributed by atoms with Crippen LogP contribution in [-0.4, -0.2) is 9.97 Å². The molecule has 0 aliphatic heterocycles. The smallest absolute Gasteiger partial charge is 0.197 e. The van der Waals surface area contributed by atoms with E-state index in [2.05, 4.69) is 25.9 Å². The van der Waals surface area contributed by atoms with Crippen molar-refractivity contribution in [3.63, 3.8) is 0 Å². The number of aromatic amines is 1. The summed E-state index contributed by atoms with van der Waals surface area (Å²) in [5.74, 6) is -0.311. The largest absolute Gasteiger partial charge is 0.330 e. The third-order valence-electron chi connectivity index (χ3n) is 1.92. The zero-order chi connectivity index (χ0) is 10.8. The lowest BCUT2D eigenvalue weighted by Crippen LogP contribution is -1.90. The zero-order valence-electron chi connectivity index (χ0n) is 7.50. The topological polar surface area (TPSA) is 28.7 Å². The summed E-state index contributed by atoms with van der Waals surface area (Å²) in [5, 5.41) is 0. The highest BCUT2D eigenvalue weighted by Gasteiger charge is 2.07. The molecule has 2 rings (SSSR count). The number of halogens is 2. The Morgan fingerprint density at radius 3 is 2.87 bits per heavy atom. The van der Waals surface area contributed by atoms with Crippen LogP contribution in [0, 0.1) is 10.6 Å². The van der Waals surface area contributed by atoms with E-state index in [1.807, 2.05) is 0 Å². The van der Waals surface area contributed by atoms with Crippen LogP contribution in [0.5, 0.6) is 0 Å². The number of benzene rings is 1. The molecule has 0 unspecified atom stereocenters. The number of H-pyrrole nitrogens is 1. The fourth-order valence-corrected chi connectivity index (χ4v) is 1.77. The molecular weight excluding hydrogens is 279 g/mol. The van der Waals surface area contributed by atoms with Gasteiger partial charge in [-0.25, -0.2) is 9.37 Å². The van der Waals surface area contributed by atoms with Crippen LogP contribution in [0.1, 0.15) is 0 Å². The summed E-state index contributed by atoms with van der Waals surface area (Å²) in [5.41, 5.74) is 1.09. The van der Waals surface area contributed by atoms with Crippen LogP contribution in [0.4, 0.5) is 4.39 Å². The van der Waals surface area contributed by atoms with Crippen molar-refractivity contribution in [2.24, 2.45) is 0 Å². The number of rotatable bonds is 1. The Morgan fingerprint density at radius 2 is 2.13 bits per heavy atom. The summed E-state index contributed by atoms with van der Waals surface area (Å²) >= 11 is 8.01. The van der Waals surface area contributed by atoms with E-state index in [1.54, 1.807) is 30.5 Å². The fourth-order valence-electron chi connectivity index (χ4n) is 1.24. The third kappa shape index (κ3) is 2.13. The number of aromatic nitrogens is 2. The van der Waals surface area contributed by atoms with Gasteiger partial charge in [0.05, 0.1) is 10.2 Å². The van der Waals surface area contributed by atoms with Crippen LogP contribution >= 0.6 is 28.1 Å². The molecule has 76 valence electrons. The van der Waals surface area contributed by atoms with Gasteiger partial charge >= 0.3 is 0 Å². The lowest BCUT2D eigenvalue weighted by molar-refractivity contribution is 0.624. The van der Waals surface area contributed by atoms with E-state index < -0.39 is 0 Å². The van der Waals surface area contributed by atoms with E-state index >= 15 is 0 Å². The minimum atomic E-state index is -0.311. The second-order valence-electron chi connectivity index (χ2n) is 2.89. The molecule has 0 bridgehead atoms. The van der Waals surface area contributed by atoms with Gasteiger partial charge in [0.1, 0.15) is 5.82 Å². The Morgan fingerprint density at radius 1 is 1.33 bits per heavy atom. The normalized spacial score (nSPS) is 10.3. The molecule has 0 radical (unpaired) electrons. The predicted molar refractivity (Wildman–Crippen MR) is 62.5 cm³/mol. The van der Waals surface area contributed by atoms with Gasteiger partial charge < -0.3 is 4.98 Å².